The standard InChI is InChI=1S/C11H15N2/c1-8-5-6-10-11(7-8)13(4)9(2)12(10)3/h5-7H,1-4H3/q+1. The monoisotopic (exact) mass is 175 g/mol. The Kier molecular flexibility index (Phi) is 1.65. The van der Waals surface area contributed by atoms with E-state index in [9.17, 15) is 0 Å². The lowest BCUT2D eigenvalue weighted by molar-refractivity contribution is -0.652. The fourth-order valence-electron chi connectivity index (χ4n) is 1.76. The number of imidazole rings is 1. The van der Waals surface area contributed by atoms with Crippen molar-refractivity contribution in [3.05, 3.63) is 29.6 Å². The van der Waals surface area contributed by atoms with Gasteiger partial charge in [0.25, 0.3) is 5.82 Å². The first-order chi connectivity index (χ1) is 6.11. The summed E-state index contributed by atoms with van der Waals surface area (Å²) in [7, 11) is 4.21. The number of fused-ring (bicyclic) bond motifs is 1. The number of nitrogens with zero attached hydrogens (tertiary/aromatic N) is 2. The third-order valence-electron chi connectivity index (χ3n) is 2.82. The third-order valence-corrected chi connectivity index (χ3v) is 2.82. The Morgan fingerprint density at radius 3 is 2.62 bits per heavy atom. The summed E-state index contributed by atoms with van der Waals surface area (Å²) in [4.78, 5) is 0. The van der Waals surface area contributed by atoms with Gasteiger partial charge in [-0.25, -0.2) is 9.13 Å². The molecule has 2 rings (SSSR count). The van der Waals surface area contributed by atoms with Crippen molar-refractivity contribution in [3.8, 4) is 0 Å². The molecule has 0 fully saturated rings. The highest BCUT2D eigenvalue weighted by molar-refractivity contribution is 5.73. The molecule has 2 heteroatoms. The SMILES string of the molecule is Cc1ccc2c(c1)n(C)c(C)[n+]2C. The number of hydrogen-bond donors (Lipinski definition) is 0. The van der Waals surface area contributed by atoms with E-state index >= 15 is 0 Å². The fourth-order valence-corrected chi connectivity index (χ4v) is 1.76. The predicted octanol–water partition coefficient (Wildman–Crippen LogP) is 1.62. The van der Waals surface area contributed by atoms with Crippen LogP contribution in [0.4, 0.5) is 0 Å². The molecule has 0 bridgehead atoms. The van der Waals surface area contributed by atoms with Gasteiger partial charge in [0, 0.05) is 6.92 Å². The Balaban J connectivity index is 2.95. The molecule has 68 valence electrons. The second kappa shape index (κ2) is 2.59. The summed E-state index contributed by atoms with van der Waals surface area (Å²) in [6.07, 6.45) is 0. The second-order valence-electron chi connectivity index (χ2n) is 3.66. The zero-order valence-corrected chi connectivity index (χ0v) is 8.63. The van der Waals surface area contributed by atoms with E-state index in [1.54, 1.807) is 0 Å². The summed E-state index contributed by atoms with van der Waals surface area (Å²) in [6, 6.07) is 6.56. The van der Waals surface area contributed by atoms with Crippen LogP contribution in [-0.4, -0.2) is 4.57 Å². The van der Waals surface area contributed by atoms with Gasteiger partial charge in [-0.05, 0) is 24.6 Å². The van der Waals surface area contributed by atoms with Gasteiger partial charge in [-0.15, -0.1) is 0 Å². The first-order valence-electron chi connectivity index (χ1n) is 4.53. The number of benzene rings is 1. The van der Waals surface area contributed by atoms with Gasteiger partial charge < -0.3 is 0 Å². The summed E-state index contributed by atoms with van der Waals surface area (Å²) in [5, 5.41) is 0. The smallest absolute Gasteiger partial charge is 0.230 e. The van der Waals surface area contributed by atoms with Crippen LogP contribution < -0.4 is 4.57 Å². The summed E-state index contributed by atoms with van der Waals surface area (Å²) >= 11 is 0. The Hall–Kier alpha value is -1.31. The lowest BCUT2D eigenvalue weighted by Gasteiger charge is -1.90. The molecular formula is C11H15N2+. The van der Waals surface area contributed by atoms with Crippen molar-refractivity contribution in [3.63, 3.8) is 0 Å². The van der Waals surface area contributed by atoms with Gasteiger partial charge in [0.15, 0.2) is 11.0 Å². The zero-order valence-electron chi connectivity index (χ0n) is 8.63. The zero-order chi connectivity index (χ0) is 9.59. The quantitative estimate of drug-likeness (QED) is 0.538. The molecule has 0 spiro atoms. The van der Waals surface area contributed by atoms with Crippen molar-refractivity contribution in [2.75, 3.05) is 0 Å². The van der Waals surface area contributed by atoms with Crippen molar-refractivity contribution < 1.29 is 4.57 Å². The van der Waals surface area contributed by atoms with E-state index in [0.29, 0.717) is 0 Å². The molecule has 0 unspecified atom stereocenters. The molecule has 0 aliphatic carbocycles. The van der Waals surface area contributed by atoms with Gasteiger partial charge in [0.05, 0.1) is 14.1 Å². The van der Waals surface area contributed by atoms with Crippen LogP contribution in [0.2, 0.25) is 0 Å². The van der Waals surface area contributed by atoms with Crippen LogP contribution in [-0.2, 0) is 14.1 Å². The van der Waals surface area contributed by atoms with Crippen LogP contribution in [0.15, 0.2) is 18.2 Å². The highest BCUT2D eigenvalue weighted by Gasteiger charge is 2.14. The van der Waals surface area contributed by atoms with Gasteiger partial charge in [0.2, 0.25) is 0 Å². The minimum absolute atomic E-state index is 1.28. The Morgan fingerprint density at radius 2 is 1.92 bits per heavy atom. The van der Waals surface area contributed by atoms with E-state index in [1.807, 2.05) is 0 Å². The first-order valence-corrected chi connectivity index (χ1v) is 4.53. The fraction of sp³-hybridized carbons (Fsp3) is 0.364. The molecule has 13 heavy (non-hydrogen) atoms. The van der Waals surface area contributed by atoms with Crippen molar-refractivity contribution in [2.24, 2.45) is 14.1 Å². The van der Waals surface area contributed by atoms with E-state index in [-0.39, 0.29) is 0 Å². The highest BCUT2D eigenvalue weighted by Crippen LogP contribution is 2.13. The first kappa shape index (κ1) is 8.30. The van der Waals surface area contributed by atoms with E-state index < -0.39 is 0 Å². The molecule has 0 atom stereocenters. The summed E-state index contributed by atoms with van der Waals surface area (Å²) in [5.74, 6) is 1.28. The molecular weight excluding hydrogens is 160 g/mol. The van der Waals surface area contributed by atoms with Gasteiger partial charge >= 0.3 is 0 Å². The van der Waals surface area contributed by atoms with Crippen molar-refractivity contribution in [1.29, 1.82) is 0 Å². The van der Waals surface area contributed by atoms with Gasteiger partial charge in [-0.2, -0.15) is 0 Å². The predicted molar refractivity (Wildman–Crippen MR) is 53.6 cm³/mol. The molecule has 0 saturated heterocycles. The Bertz CT molecular complexity index is 466. The molecule has 0 aliphatic rings. The molecule has 0 aliphatic heterocycles. The lowest BCUT2D eigenvalue weighted by Crippen LogP contribution is -2.30. The van der Waals surface area contributed by atoms with Crippen LogP contribution in [0.25, 0.3) is 11.0 Å². The molecule has 1 aromatic heterocycles. The maximum atomic E-state index is 2.22. The molecule has 0 N–H and O–H groups in total. The molecule has 2 nitrogen and oxygen atoms in total. The normalized spacial score (nSPS) is 11.1. The second-order valence-corrected chi connectivity index (χ2v) is 3.66. The lowest BCUT2D eigenvalue weighted by atomic mass is 10.2. The van der Waals surface area contributed by atoms with E-state index in [2.05, 4.69) is 55.3 Å². The van der Waals surface area contributed by atoms with Crippen LogP contribution in [0.1, 0.15) is 11.4 Å². The van der Waals surface area contributed by atoms with Crippen molar-refractivity contribution >= 4 is 11.0 Å². The third kappa shape index (κ3) is 1.05. The number of aromatic nitrogens is 2. The highest BCUT2D eigenvalue weighted by atomic mass is 15.1. The minimum Gasteiger partial charge on any atom is -0.230 e. The van der Waals surface area contributed by atoms with E-state index in [4.69, 9.17) is 0 Å². The molecule has 1 aromatic carbocycles. The molecule has 0 amide bonds. The Morgan fingerprint density at radius 1 is 1.23 bits per heavy atom. The van der Waals surface area contributed by atoms with E-state index in [1.165, 1.54) is 22.4 Å². The average Bonchev–Trinajstić information content (AvgIpc) is 2.32. The average molecular weight is 175 g/mol. The number of aryl methyl sites for hydroxylation is 3. The van der Waals surface area contributed by atoms with E-state index in [0.717, 1.165) is 0 Å². The van der Waals surface area contributed by atoms with Gasteiger partial charge in [-0.3, -0.25) is 0 Å². The largest absolute Gasteiger partial charge is 0.253 e. The minimum atomic E-state index is 1.28. The number of hydrogen-bond acceptors (Lipinski definition) is 0. The summed E-state index contributed by atoms with van der Waals surface area (Å²) in [5.41, 5.74) is 3.92. The summed E-state index contributed by atoms with van der Waals surface area (Å²) < 4.78 is 4.44. The molecule has 0 radical (unpaired) electrons. The van der Waals surface area contributed by atoms with Gasteiger partial charge in [0.1, 0.15) is 0 Å². The summed E-state index contributed by atoms with van der Waals surface area (Å²) in [6.45, 7) is 4.26. The van der Waals surface area contributed by atoms with Crippen LogP contribution in [0.3, 0.4) is 0 Å². The number of rotatable bonds is 0. The van der Waals surface area contributed by atoms with Crippen LogP contribution in [0.5, 0.6) is 0 Å². The maximum Gasteiger partial charge on any atom is 0.253 e. The van der Waals surface area contributed by atoms with Crippen molar-refractivity contribution in [1.82, 2.24) is 4.57 Å². The topological polar surface area (TPSA) is 8.81 Å². The molecule has 2 aromatic rings. The Labute approximate surface area is 78.4 Å². The van der Waals surface area contributed by atoms with Crippen LogP contribution in [0, 0.1) is 13.8 Å². The molecule has 0 saturated carbocycles. The van der Waals surface area contributed by atoms with Crippen LogP contribution >= 0.6 is 0 Å². The van der Waals surface area contributed by atoms with Crippen molar-refractivity contribution in [2.45, 2.75) is 13.8 Å². The molecule has 1 heterocycles. The maximum absolute atomic E-state index is 2.22. The van der Waals surface area contributed by atoms with Gasteiger partial charge in [-0.1, -0.05) is 6.07 Å².